The molecule has 3 unspecified atom stereocenters. The summed E-state index contributed by atoms with van der Waals surface area (Å²) in [6, 6.07) is 8.32. The minimum Gasteiger partial charge on any atom is -0.462 e. The molecule has 14 heteroatoms. The first-order valence-electron chi connectivity index (χ1n) is 11.2. The van der Waals surface area contributed by atoms with Gasteiger partial charge in [-0.1, -0.05) is 24.1 Å². The number of H-pyrrole nitrogens is 1. The molecule has 1 saturated carbocycles. The Morgan fingerprint density at radius 1 is 1.32 bits per heavy atom. The first-order chi connectivity index (χ1) is 17.3. The van der Waals surface area contributed by atoms with Gasteiger partial charge in [-0.3, -0.25) is 23.7 Å². The Kier molecular flexibility index (Phi) is 7.20. The van der Waals surface area contributed by atoms with Crippen LogP contribution in [0.5, 0.6) is 5.75 Å². The summed E-state index contributed by atoms with van der Waals surface area (Å²) in [5.41, 5.74) is -7.03. The van der Waals surface area contributed by atoms with E-state index in [1.165, 1.54) is 6.92 Å². The van der Waals surface area contributed by atoms with Crippen LogP contribution in [0.25, 0.3) is 0 Å². The molecule has 4 rings (SSSR count). The number of nitrogens with zero attached hydrogens (tertiary/aromatic N) is 1. The van der Waals surface area contributed by atoms with Gasteiger partial charge in [0.25, 0.3) is 5.56 Å². The van der Waals surface area contributed by atoms with Gasteiger partial charge in [-0.2, -0.15) is 0 Å². The lowest BCUT2D eigenvalue weighted by atomic mass is 9.96. The van der Waals surface area contributed by atoms with Crippen molar-refractivity contribution < 1.29 is 32.8 Å². The molecule has 0 radical (unpaired) electrons. The molecule has 2 fully saturated rings. The number of nitrogens with one attached hydrogen (secondary N) is 2. The van der Waals surface area contributed by atoms with Gasteiger partial charge in [0.05, 0.1) is 6.10 Å². The van der Waals surface area contributed by atoms with Crippen molar-refractivity contribution in [1.82, 2.24) is 14.6 Å². The lowest BCUT2D eigenvalue weighted by Crippen LogP contribution is -2.49. The summed E-state index contributed by atoms with van der Waals surface area (Å²) in [5.74, 6) is 1.54. The maximum absolute atomic E-state index is 16.2. The Hall–Kier alpha value is -2.85. The second-order valence-electron chi connectivity index (χ2n) is 8.87. The van der Waals surface area contributed by atoms with Crippen molar-refractivity contribution in [1.29, 1.82) is 0 Å². The fourth-order valence-electron chi connectivity index (χ4n) is 4.00. The van der Waals surface area contributed by atoms with Gasteiger partial charge in [0.2, 0.25) is 5.67 Å². The fraction of sp³-hybridized carbons (Fsp3) is 0.435. The van der Waals surface area contributed by atoms with Gasteiger partial charge in [0.15, 0.2) is 11.8 Å². The van der Waals surface area contributed by atoms with E-state index in [1.54, 1.807) is 44.2 Å². The zero-order chi connectivity index (χ0) is 27.2. The lowest BCUT2D eigenvalue weighted by molar-refractivity contribution is -0.149. The summed E-state index contributed by atoms with van der Waals surface area (Å²) < 4.78 is 39.5. The van der Waals surface area contributed by atoms with Crippen LogP contribution in [0.4, 0.5) is 4.39 Å². The number of carbonyl (C=O) groups is 1. The number of aliphatic hydroxyl groups is 1. The summed E-state index contributed by atoms with van der Waals surface area (Å²) >= 11 is 5.62. The number of rotatable bonds is 9. The van der Waals surface area contributed by atoms with E-state index in [-0.39, 0.29) is 0 Å². The predicted octanol–water partition coefficient (Wildman–Crippen LogP) is 1.14. The van der Waals surface area contributed by atoms with E-state index in [0.717, 1.165) is 16.8 Å². The van der Waals surface area contributed by atoms with Crippen LogP contribution in [-0.2, 0) is 30.6 Å². The fourth-order valence-corrected chi connectivity index (χ4v) is 6.71. The highest BCUT2D eigenvalue weighted by molar-refractivity contribution is 8.09. The van der Waals surface area contributed by atoms with Crippen LogP contribution in [0.15, 0.2) is 52.2 Å². The molecule has 37 heavy (non-hydrogen) atoms. The Bertz CT molecular complexity index is 1390. The van der Waals surface area contributed by atoms with Crippen molar-refractivity contribution in [3.63, 3.8) is 0 Å². The Balaban J connectivity index is 1.61. The van der Waals surface area contributed by atoms with Crippen LogP contribution >= 0.6 is 6.64 Å². The highest BCUT2D eigenvalue weighted by Crippen LogP contribution is 2.66. The standard InChI is InChI=1S/C23H25FN3O8PS/c1-5-22(24)20(27-12-11-16(28)25-21(27)30)33-17-18(23(17,22)31)35-36(37,34-15-9-7-6-8-10-15)26-14(4)19(29)32-13(2)3/h1,6-14,17-18,20,31H,2-4H3,(H,26,37)(H,25,28,30)/t14?,17-,18?,20-,22+,23+,36?/m1/s1. The normalized spacial score (nSPS) is 30.6. The first kappa shape index (κ1) is 27.2. The smallest absolute Gasteiger partial charge is 0.330 e. The summed E-state index contributed by atoms with van der Waals surface area (Å²) in [6.45, 7) is 1.18. The molecular formula is C23H25FN3O8PS. The third kappa shape index (κ3) is 4.88. The summed E-state index contributed by atoms with van der Waals surface area (Å²) in [4.78, 5) is 38.0. The maximum Gasteiger partial charge on any atom is 0.330 e. The number of fused-ring (bicyclic) bond motifs is 1. The number of aromatic amines is 1. The maximum atomic E-state index is 16.2. The molecule has 7 atom stereocenters. The summed E-state index contributed by atoms with van der Waals surface area (Å²) in [7, 11) is 0. The van der Waals surface area contributed by atoms with Gasteiger partial charge >= 0.3 is 18.3 Å². The van der Waals surface area contributed by atoms with Crippen molar-refractivity contribution in [2.45, 2.75) is 62.6 Å². The molecule has 0 bridgehead atoms. The number of hydrogen-bond donors (Lipinski definition) is 3. The van der Waals surface area contributed by atoms with E-state index in [2.05, 4.69) is 5.09 Å². The van der Waals surface area contributed by atoms with E-state index >= 15 is 4.39 Å². The minimum absolute atomic E-state index is 0.294. The van der Waals surface area contributed by atoms with E-state index in [0.29, 0.717) is 5.75 Å². The van der Waals surface area contributed by atoms with Gasteiger partial charge in [0.1, 0.15) is 24.0 Å². The molecule has 1 aliphatic heterocycles. The SMILES string of the molecule is C#C[C@]1(F)[C@H](n2ccc(=O)[nH]c2=O)O[C@@H]2C(OP(=S)(NC(C)C(=O)OC(C)C)Oc3ccccc3)[C@@]21O. The van der Waals surface area contributed by atoms with Crippen LogP contribution in [0.2, 0.25) is 0 Å². The number of carbonyl (C=O) groups excluding carboxylic acids is 1. The van der Waals surface area contributed by atoms with Gasteiger partial charge in [0, 0.05) is 12.3 Å². The monoisotopic (exact) mass is 553 g/mol. The number of halogens is 1. The highest BCUT2D eigenvalue weighted by Gasteiger charge is 2.86. The molecular weight excluding hydrogens is 528 g/mol. The first-order valence-corrected chi connectivity index (χ1v) is 13.9. The van der Waals surface area contributed by atoms with E-state index in [4.69, 9.17) is 36.8 Å². The Labute approximate surface area is 216 Å². The van der Waals surface area contributed by atoms with Crippen molar-refractivity contribution in [3.05, 3.63) is 63.4 Å². The Morgan fingerprint density at radius 3 is 2.59 bits per heavy atom. The molecule has 1 aromatic heterocycles. The summed E-state index contributed by atoms with van der Waals surface area (Å²) in [5, 5.41) is 14.1. The zero-order valence-electron chi connectivity index (χ0n) is 20.0. The number of terminal acetylenes is 1. The number of esters is 1. The van der Waals surface area contributed by atoms with Gasteiger partial charge in [-0.25, -0.2) is 14.3 Å². The third-order valence-corrected chi connectivity index (χ3v) is 8.28. The van der Waals surface area contributed by atoms with Gasteiger partial charge < -0.3 is 19.1 Å². The van der Waals surface area contributed by atoms with E-state index in [1.807, 2.05) is 10.9 Å². The lowest BCUT2D eigenvalue weighted by Gasteiger charge is -2.32. The largest absolute Gasteiger partial charge is 0.462 e. The van der Waals surface area contributed by atoms with Crippen LogP contribution in [0.1, 0.15) is 27.0 Å². The zero-order valence-corrected chi connectivity index (χ0v) is 21.7. The number of aromatic nitrogens is 2. The van der Waals surface area contributed by atoms with Crippen LogP contribution in [0, 0.1) is 12.3 Å². The molecule has 1 aliphatic carbocycles. The Morgan fingerprint density at radius 2 is 2.00 bits per heavy atom. The second-order valence-corrected chi connectivity index (χ2v) is 12.0. The number of alkyl halides is 1. The molecule has 2 aromatic rings. The second kappa shape index (κ2) is 9.79. The molecule has 3 N–H and O–H groups in total. The third-order valence-electron chi connectivity index (χ3n) is 5.82. The average Bonchev–Trinajstić information content (AvgIpc) is 3.29. The molecule has 1 saturated heterocycles. The van der Waals surface area contributed by atoms with E-state index < -0.39 is 65.7 Å². The molecule has 0 spiro atoms. The van der Waals surface area contributed by atoms with Crippen LogP contribution in [-0.4, -0.2) is 56.3 Å². The molecule has 1 aromatic carbocycles. The minimum atomic E-state index is -3.67. The quantitative estimate of drug-likeness (QED) is 0.235. The molecule has 2 aliphatic rings. The number of para-hydroxylation sites is 1. The van der Waals surface area contributed by atoms with E-state index in [9.17, 15) is 19.5 Å². The van der Waals surface area contributed by atoms with Crippen molar-refractivity contribution in [2.75, 3.05) is 0 Å². The topological polar surface area (TPSA) is 141 Å². The number of benzene rings is 1. The predicted molar refractivity (Wildman–Crippen MR) is 133 cm³/mol. The number of hydrogen-bond acceptors (Lipinski definition) is 9. The average molecular weight is 554 g/mol. The molecule has 0 amide bonds. The molecule has 2 heterocycles. The number of ether oxygens (including phenoxy) is 2. The van der Waals surface area contributed by atoms with Crippen molar-refractivity contribution in [2.24, 2.45) is 0 Å². The van der Waals surface area contributed by atoms with Crippen LogP contribution < -0.4 is 20.9 Å². The van der Waals surface area contributed by atoms with Crippen molar-refractivity contribution >= 4 is 24.4 Å². The van der Waals surface area contributed by atoms with Gasteiger partial charge in [-0.15, -0.1) is 6.42 Å². The van der Waals surface area contributed by atoms with Crippen LogP contribution in [0.3, 0.4) is 0 Å². The summed E-state index contributed by atoms with van der Waals surface area (Å²) in [6.07, 6.45) is 1.59. The molecule has 11 nitrogen and oxygen atoms in total. The van der Waals surface area contributed by atoms with Gasteiger partial charge in [-0.05, 0) is 44.7 Å². The van der Waals surface area contributed by atoms with Crippen molar-refractivity contribution in [3.8, 4) is 18.1 Å². The highest BCUT2D eigenvalue weighted by atomic mass is 32.5. The molecule has 198 valence electrons.